The van der Waals surface area contributed by atoms with E-state index in [0.29, 0.717) is 36.4 Å². The second kappa shape index (κ2) is 7.35. The van der Waals surface area contributed by atoms with Gasteiger partial charge in [-0.25, -0.2) is 15.0 Å². The van der Waals surface area contributed by atoms with E-state index >= 15 is 0 Å². The largest absolute Gasteiger partial charge is 0.391 e. The first-order valence-corrected chi connectivity index (χ1v) is 8.99. The maximum Gasteiger partial charge on any atom is 0.240 e. The van der Waals surface area contributed by atoms with E-state index in [4.69, 9.17) is 4.74 Å². The SMILES string of the molecule is C[C@@H]1O[C@H](Nc2ncnc3nc[nH]c23)[C@@H](O)C[C@H]1NC(=O)[C@@H]1NCC[C@@H]1O. The second-order valence-electron chi connectivity index (χ2n) is 6.94. The summed E-state index contributed by atoms with van der Waals surface area (Å²) in [6.07, 6.45) is 1.17. The fourth-order valence-corrected chi connectivity index (χ4v) is 3.54. The topological polar surface area (TPSA) is 157 Å². The number of aliphatic hydroxyl groups excluding tert-OH is 2. The lowest BCUT2D eigenvalue weighted by Gasteiger charge is -2.39. The van der Waals surface area contributed by atoms with Crippen LogP contribution in [-0.4, -0.2) is 79.2 Å². The van der Waals surface area contributed by atoms with Crippen LogP contribution in [0.1, 0.15) is 19.8 Å². The number of amides is 1. The molecular weight excluding hydrogens is 354 g/mol. The van der Waals surface area contributed by atoms with Gasteiger partial charge in [-0.15, -0.1) is 0 Å². The Morgan fingerprint density at radius 3 is 2.93 bits per heavy atom. The molecule has 2 aliphatic heterocycles. The van der Waals surface area contributed by atoms with E-state index in [0.717, 1.165) is 0 Å². The molecule has 6 N–H and O–H groups in total. The molecule has 146 valence electrons. The van der Waals surface area contributed by atoms with Crippen molar-refractivity contribution in [3.63, 3.8) is 0 Å². The highest BCUT2D eigenvalue weighted by Gasteiger charge is 2.39. The Hall–Kier alpha value is -2.34. The Labute approximate surface area is 154 Å². The molecular formula is C16H23N7O4. The molecule has 0 aliphatic carbocycles. The quantitative estimate of drug-likeness (QED) is 0.372. The number of nitrogens with one attached hydrogen (secondary N) is 4. The molecule has 0 saturated carbocycles. The first kappa shape index (κ1) is 18.0. The Bertz CT molecular complexity index is 815. The number of ether oxygens (including phenoxy) is 1. The number of anilines is 1. The first-order chi connectivity index (χ1) is 13.0. The standard InChI is InChI=1S/C16H23N7O4/c1-7-8(22-15(26)11-9(24)2-3-17-11)4-10(25)16(27-7)23-14-12-13(19-5-18-12)20-6-21-14/h5-11,16-17,24-25H,2-4H2,1H3,(H,22,26)(H2,18,19,20,21,23)/t7-,8+,9-,10-,11+,16-/m0/s1. The van der Waals surface area contributed by atoms with Gasteiger partial charge in [0.25, 0.3) is 0 Å². The molecule has 6 atom stereocenters. The molecule has 4 heterocycles. The van der Waals surface area contributed by atoms with Gasteiger partial charge in [-0.1, -0.05) is 0 Å². The monoisotopic (exact) mass is 377 g/mol. The number of rotatable bonds is 4. The van der Waals surface area contributed by atoms with Crippen molar-refractivity contribution in [3.05, 3.63) is 12.7 Å². The van der Waals surface area contributed by atoms with Gasteiger partial charge >= 0.3 is 0 Å². The highest BCUT2D eigenvalue weighted by Crippen LogP contribution is 2.24. The third-order valence-electron chi connectivity index (χ3n) is 5.07. The lowest BCUT2D eigenvalue weighted by molar-refractivity contribution is -0.135. The van der Waals surface area contributed by atoms with E-state index in [2.05, 4.69) is 35.9 Å². The molecule has 11 nitrogen and oxygen atoms in total. The molecule has 4 rings (SSSR count). The third kappa shape index (κ3) is 3.58. The molecule has 2 aliphatic rings. The molecule has 0 radical (unpaired) electrons. The second-order valence-corrected chi connectivity index (χ2v) is 6.94. The number of H-pyrrole nitrogens is 1. The minimum absolute atomic E-state index is 0.283. The van der Waals surface area contributed by atoms with E-state index in [1.807, 2.05) is 6.92 Å². The van der Waals surface area contributed by atoms with Gasteiger partial charge < -0.3 is 35.9 Å². The number of fused-ring (bicyclic) bond motifs is 1. The molecule has 1 amide bonds. The van der Waals surface area contributed by atoms with Crippen LogP contribution in [0.25, 0.3) is 11.2 Å². The van der Waals surface area contributed by atoms with Crippen LogP contribution in [0, 0.1) is 0 Å². The number of nitrogens with zero attached hydrogens (tertiary/aromatic N) is 3. The minimum Gasteiger partial charge on any atom is -0.391 e. The van der Waals surface area contributed by atoms with Crippen molar-refractivity contribution in [2.75, 3.05) is 11.9 Å². The van der Waals surface area contributed by atoms with E-state index in [-0.39, 0.29) is 18.1 Å². The summed E-state index contributed by atoms with van der Waals surface area (Å²) in [5.41, 5.74) is 1.14. The summed E-state index contributed by atoms with van der Waals surface area (Å²) in [6.45, 7) is 2.43. The summed E-state index contributed by atoms with van der Waals surface area (Å²) in [5.74, 6) is 0.198. The van der Waals surface area contributed by atoms with Crippen LogP contribution < -0.4 is 16.0 Å². The van der Waals surface area contributed by atoms with Crippen molar-refractivity contribution in [2.24, 2.45) is 0 Å². The van der Waals surface area contributed by atoms with Crippen molar-refractivity contribution in [2.45, 2.75) is 56.4 Å². The molecule has 0 spiro atoms. The zero-order valence-corrected chi connectivity index (χ0v) is 14.8. The van der Waals surface area contributed by atoms with Crippen LogP contribution >= 0.6 is 0 Å². The van der Waals surface area contributed by atoms with E-state index in [1.54, 1.807) is 0 Å². The number of imidazole rings is 1. The molecule has 2 fully saturated rings. The summed E-state index contributed by atoms with van der Waals surface area (Å²) in [6, 6.07) is -0.988. The first-order valence-electron chi connectivity index (χ1n) is 8.99. The Kier molecular flexibility index (Phi) is 4.91. The highest BCUT2D eigenvalue weighted by molar-refractivity contribution is 5.83. The Morgan fingerprint density at radius 1 is 1.30 bits per heavy atom. The summed E-state index contributed by atoms with van der Waals surface area (Å²) < 4.78 is 5.88. The lowest BCUT2D eigenvalue weighted by Crippen LogP contribution is -2.58. The summed E-state index contributed by atoms with van der Waals surface area (Å²) in [4.78, 5) is 27.6. The Balaban J connectivity index is 1.40. The predicted octanol–water partition coefficient (Wildman–Crippen LogP) is -1.53. The maximum atomic E-state index is 12.4. The number of aromatic amines is 1. The maximum absolute atomic E-state index is 12.4. The number of hydrogen-bond acceptors (Lipinski definition) is 9. The zero-order valence-electron chi connectivity index (χ0n) is 14.8. The molecule has 2 aromatic rings. The molecule has 0 unspecified atom stereocenters. The van der Waals surface area contributed by atoms with Crippen molar-refractivity contribution in [3.8, 4) is 0 Å². The summed E-state index contributed by atoms with van der Waals surface area (Å²) in [5, 5.41) is 29.3. The van der Waals surface area contributed by atoms with Crippen LogP contribution in [0.15, 0.2) is 12.7 Å². The zero-order chi connectivity index (χ0) is 19.0. The van der Waals surface area contributed by atoms with Gasteiger partial charge in [0.05, 0.1) is 24.6 Å². The normalized spacial score (nSPS) is 33.9. The Morgan fingerprint density at radius 2 is 2.15 bits per heavy atom. The molecule has 27 heavy (non-hydrogen) atoms. The lowest BCUT2D eigenvalue weighted by atomic mass is 9.99. The van der Waals surface area contributed by atoms with Crippen LogP contribution in [0.4, 0.5) is 5.82 Å². The summed E-state index contributed by atoms with van der Waals surface area (Å²) in [7, 11) is 0. The molecule has 0 bridgehead atoms. The average Bonchev–Trinajstić information content (AvgIpc) is 3.28. The molecule has 2 aromatic heterocycles. The number of aliphatic hydroxyl groups is 2. The molecule has 0 aromatic carbocycles. The van der Waals surface area contributed by atoms with Gasteiger partial charge in [-0.2, -0.15) is 0 Å². The number of carbonyl (C=O) groups excluding carboxylic acids is 1. The fraction of sp³-hybridized carbons (Fsp3) is 0.625. The number of carbonyl (C=O) groups is 1. The smallest absolute Gasteiger partial charge is 0.240 e. The van der Waals surface area contributed by atoms with Gasteiger partial charge in [-0.3, -0.25) is 4.79 Å². The third-order valence-corrected chi connectivity index (χ3v) is 5.07. The van der Waals surface area contributed by atoms with Gasteiger partial charge in [0.15, 0.2) is 17.7 Å². The fourth-order valence-electron chi connectivity index (χ4n) is 3.54. The molecule has 11 heteroatoms. The van der Waals surface area contributed by atoms with Crippen LogP contribution in [0.3, 0.4) is 0 Å². The van der Waals surface area contributed by atoms with Crippen LogP contribution in [-0.2, 0) is 9.53 Å². The van der Waals surface area contributed by atoms with Crippen molar-refractivity contribution < 1.29 is 19.7 Å². The van der Waals surface area contributed by atoms with Crippen molar-refractivity contribution in [1.82, 2.24) is 30.6 Å². The van der Waals surface area contributed by atoms with Crippen LogP contribution in [0.2, 0.25) is 0 Å². The molecule has 2 saturated heterocycles. The van der Waals surface area contributed by atoms with Crippen molar-refractivity contribution >= 4 is 22.9 Å². The van der Waals surface area contributed by atoms with Crippen LogP contribution in [0.5, 0.6) is 0 Å². The van der Waals surface area contributed by atoms with E-state index in [9.17, 15) is 15.0 Å². The van der Waals surface area contributed by atoms with Gasteiger partial charge in [0.1, 0.15) is 24.0 Å². The predicted molar refractivity (Wildman–Crippen MR) is 94.6 cm³/mol. The number of hydrogen-bond donors (Lipinski definition) is 6. The van der Waals surface area contributed by atoms with Gasteiger partial charge in [0, 0.05) is 6.42 Å². The van der Waals surface area contributed by atoms with E-state index < -0.39 is 24.5 Å². The van der Waals surface area contributed by atoms with Crippen molar-refractivity contribution in [1.29, 1.82) is 0 Å². The number of aromatic nitrogens is 4. The average molecular weight is 377 g/mol. The van der Waals surface area contributed by atoms with Gasteiger partial charge in [-0.05, 0) is 19.9 Å². The summed E-state index contributed by atoms with van der Waals surface area (Å²) >= 11 is 0. The minimum atomic E-state index is -0.860. The van der Waals surface area contributed by atoms with E-state index in [1.165, 1.54) is 12.7 Å². The highest BCUT2D eigenvalue weighted by atomic mass is 16.5. The van der Waals surface area contributed by atoms with Gasteiger partial charge in [0.2, 0.25) is 5.91 Å².